The minimum Gasteiger partial charge on any atom is -0.481 e. The molecule has 0 radical (unpaired) electrons. The van der Waals surface area contributed by atoms with Gasteiger partial charge in [-0.3, -0.25) is 9.59 Å². The molecule has 2 aromatic carbocycles. The van der Waals surface area contributed by atoms with Gasteiger partial charge in [-0.1, -0.05) is 24.3 Å². The molecular formula is C24H23F3N2O3. The van der Waals surface area contributed by atoms with E-state index in [-0.39, 0.29) is 23.8 Å². The summed E-state index contributed by atoms with van der Waals surface area (Å²) in [5.41, 5.74) is 1.30. The van der Waals surface area contributed by atoms with Crippen LogP contribution in [0.15, 0.2) is 48.7 Å². The van der Waals surface area contributed by atoms with Crippen LogP contribution in [0.5, 0.6) is 0 Å². The van der Waals surface area contributed by atoms with E-state index in [2.05, 4.69) is 0 Å². The second-order valence-electron chi connectivity index (χ2n) is 8.08. The molecule has 0 aliphatic heterocycles. The third-order valence-corrected chi connectivity index (χ3v) is 5.79. The molecule has 1 aliphatic carbocycles. The van der Waals surface area contributed by atoms with E-state index < -0.39 is 17.7 Å². The molecule has 1 aliphatic rings. The average molecular weight is 444 g/mol. The Hall–Kier alpha value is -3.29. The van der Waals surface area contributed by atoms with Gasteiger partial charge in [0.1, 0.15) is 0 Å². The van der Waals surface area contributed by atoms with Gasteiger partial charge in [-0.2, -0.15) is 13.2 Å². The number of carboxylic acid groups (broad SMARTS) is 1. The van der Waals surface area contributed by atoms with Gasteiger partial charge in [-0.25, -0.2) is 0 Å². The molecule has 1 fully saturated rings. The molecule has 3 aromatic rings. The largest absolute Gasteiger partial charge is 0.481 e. The average Bonchev–Trinajstić information content (AvgIpc) is 3.54. The van der Waals surface area contributed by atoms with E-state index in [0.29, 0.717) is 29.7 Å². The van der Waals surface area contributed by atoms with Gasteiger partial charge in [0.25, 0.3) is 0 Å². The predicted octanol–water partition coefficient (Wildman–Crippen LogP) is 5.03. The van der Waals surface area contributed by atoms with Crippen molar-refractivity contribution < 1.29 is 27.9 Å². The lowest BCUT2D eigenvalue weighted by atomic mass is 10.1. The first-order valence-corrected chi connectivity index (χ1v) is 10.5. The van der Waals surface area contributed by atoms with E-state index in [1.165, 1.54) is 6.07 Å². The summed E-state index contributed by atoms with van der Waals surface area (Å²) in [5, 5.41) is 9.74. The summed E-state index contributed by atoms with van der Waals surface area (Å²) in [5.74, 6) is -0.916. The lowest BCUT2D eigenvalue weighted by Crippen LogP contribution is -2.31. The molecule has 8 heteroatoms. The first-order valence-electron chi connectivity index (χ1n) is 10.5. The molecule has 1 N–H and O–H groups in total. The quantitative estimate of drug-likeness (QED) is 0.556. The van der Waals surface area contributed by atoms with Crippen LogP contribution in [-0.4, -0.2) is 33.0 Å². The zero-order valence-electron chi connectivity index (χ0n) is 17.5. The highest BCUT2D eigenvalue weighted by atomic mass is 19.4. The number of carbonyl (C=O) groups is 2. The van der Waals surface area contributed by atoms with Crippen molar-refractivity contribution >= 4 is 22.8 Å². The highest BCUT2D eigenvalue weighted by Gasteiger charge is 2.33. The lowest BCUT2D eigenvalue weighted by molar-refractivity contribution is -0.138. The van der Waals surface area contributed by atoms with E-state index in [1.807, 2.05) is 19.1 Å². The van der Waals surface area contributed by atoms with Gasteiger partial charge in [0.15, 0.2) is 0 Å². The zero-order valence-corrected chi connectivity index (χ0v) is 17.5. The number of nitrogens with zero attached hydrogens (tertiary/aromatic N) is 2. The van der Waals surface area contributed by atoms with Crippen molar-refractivity contribution in [1.82, 2.24) is 9.47 Å². The third-order valence-electron chi connectivity index (χ3n) is 5.79. The van der Waals surface area contributed by atoms with Gasteiger partial charge in [-0.15, -0.1) is 0 Å². The van der Waals surface area contributed by atoms with E-state index in [0.717, 1.165) is 30.5 Å². The topological polar surface area (TPSA) is 62.5 Å². The summed E-state index contributed by atoms with van der Waals surface area (Å²) in [7, 11) is 0. The predicted molar refractivity (Wildman–Crippen MR) is 113 cm³/mol. The van der Waals surface area contributed by atoms with Crippen molar-refractivity contribution in [1.29, 1.82) is 0 Å². The van der Waals surface area contributed by atoms with Crippen LogP contribution in [0.25, 0.3) is 16.6 Å². The smallest absolute Gasteiger partial charge is 0.416 e. The maximum Gasteiger partial charge on any atom is 0.416 e. The standard InChI is InChI=1S/C24H23F3N2O3/c1-2-28(23(32)15-7-8-15)13-16-5-3-4-6-20(16)29-14-17(11-22(30)31)19-10-9-18(12-21(19)29)24(25,26)27/h3-6,9-10,12,14-15H,2,7-8,11,13H2,1H3,(H,30,31). The second kappa shape index (κ2) is 8.33. The Morgan fingerprint density at radius 3 is 2.47 bits per heavy atom. The molecule has 1 heterocycles. The number of carboxylic acids is 1. The van der Waals surface area contributed by atoms with E-state index in [9.17, 15) is 27.9 Å². The van der Waals surface area contributed by atoms with Crippen molar-refractivity contribution in [2.75, 3.05) is 6.54 Å². The summed E-state index contributed by atoms with van der Waals surface area (Å²) >= 11 is 0. The molecular weight excluding hydrogens is 421 g/mol. The first-order chi connectivity index (χ1) is 15.2. The van der Waals surface area contributed by atoms with Gasteiger partial charge < -0.3 is 14.6 Å². The van der Waals surface area contributed by atoms with Crippen molar-refractivity contribution in [2.45, 2.75) is 38.9 Å². The lowest BCUT2D eigenvalue weighted by Gasteiger charge is -2.23. The van der Waals surface area contributed by atoms with E-state index in [1.54, 1.807) is 27.8 Å². The summed E-state index contributed by atoms with van der Waals surface area (Å²) < 4.78 is 41.8. The maximum absolute atomic E-state index is 13.4. The van der Waals surface area contributed by atoms with E-state index >= 15 is 0 Å². The number of amides is 1. The molecule has 0 saturated heterocycles. The molecule has 0 unspecified atom stereocenters. The Balaban J connectivity index is 1.83. The second-order valence-corrected chi connectivity index (χ2v) is 8.08. The number of aromatic nitrogens is 1. The van der Waals surface area contributed by atoms with Crippen molar-refractivity contribution in [3.8, 4) is 5.69 Å². The summed E-state index contributed by atoms with van der Waals surface area (Å²) in [6.07, 6.45) is -1.48. The van der Waals surface area contributed by atoms with Gasteiger partial charge in [-0.05, 0) is 49.1 Å². The number of hydrogen-bond acceptors (Lipinski definition) is 2. The van der Waals surface area contributed by atoms with Gasteiger partial charge >= 0.3 is 12.1 Å². The molecule has 1 saturated carbocycles. The number of halogens is 3. The molecule has 4 rings (SSSR count). The normalized spacial score (nSPS) is 14.0. The molecule has 1 amide bonds. The number of rotatable bonds is 7. The number of aliphatic carboxylic acids is 1. The third kappa shape index (κ3) is 4.35. The minimum atomic E-state index is -4.52. The maximum atomic E-state index is 13.4. The molecule has 168 valence electrons. The zero-order chi connectivity index (χ0) is 23.0. The SMILES string of the molecule is CCN(Cc1ccccc1-n1cc(CC(=O)O)c2ccc(C(F)(F)F)cc21)C(=O)C1CC1. The number of hydrogen-bond donors (Lipinski definition) is 1. The monoisotopic (exact) mass is 444 g/mol. The van der Waals surface area contributed by atoms with E-state index in [4.69, 9.17) is 0 Å². The minimum absolute atomic E-state index is 0.0611. The van der Waals surface area contributed by atoms with Crippen LogP contribution in [0.1, 0.15) is 36.5 Å². The van der Waals surface area contributed by atoms with Crippen LogP contribution < -0.4 is 0 Å². The summed E-state index contributed by atoms with van der Waals surface area (Å²) in [6, 6.07) is 10.5. The van der Waals surface area contributed by atoms with Crippen LogP contribution in [0.4, 0.5) is 13.2 Å². The van der Waals surface area contributed by atoms with Crippen LogP contribution in [-0.2, 0) is 28.7 Å². The molecule has 0 spiro atoms. The van der Waals surface area contributed by atoms with Crippen LogP contribution in [0.3, 0.4) is 0 Å². The Morgan fingerprint density at radius 1 is 1.12 bits per heavy atom. The van der Waals surface area contributed by atoms with Gasteiger partial charge in [0.05, 0.1) is 23.2 Å². The molecule has 32 heavy (non-hydrogen) atoms. The molecule has 5 nitrogen and oxygen atoms in total. The van der Waals surface area contributed by atoms with Gasteiger partial charge in [0.2, 0.25) is 5.91 Å². The summed E-state index contributed by atoms with van der Waals surface area (Å²) in [6.45, 7) is 2.75. The Bertz CT molecular complexity index is 1180. The van der Waals surface area contributed by atoms with Crippen LogP contribution in [0.2, 0.25) is 0 Å². The molecule has 0 atom stereocenters. The number of para-hydroxylation sites is 1. The highest BCUT2D eigenvalue weighted by molar-refractivity contribution is 5.89. The number of fused-ring (bicyclic) bond motifs is 1. The highest BCUT2D eigenvalue weighted by Crippen LogP contribution is 2.35. The fraction of sp³-hybridized carbons (Fsp3) is 0.333. The van der Waals surface area contributed by atoms with Crippen LogP contribution in [0, 0.1) is 5.92 Å². The van der Waals surface area contributed by atoms with Crippen LogP contribution >= 0.6 is 0 Å². The van der Waals surface area contributed by atoms with Gasteiger partial charge in [0, 0.05) is 30.6 Å². The van der Waals surface area contributed by atoms with Crippen molar-refractivity contribution in [3.63, 3.8) is 0 Å². The fourth-order valence-electron chi connectivity index (χ4n) is 4.00. The number of carbonyl (C=O) groups excluding carboxylic acids is 1. The molecule has 1 aromatic heterocycles. The number of alkyl halides is 3. The Kier molecular flexibility index (Phi) is 5.71. The number of benzene rings is 2. The first kappa shape index (κ1) is 21.9. The van der Waals surface area contributed by atoms with Crippen molar-refractivity contribution in [2.24, 2.45) is 5.92 Å². The summed E-state index contributed by atoms with van der Waals surface area (Å²) in [4.78, 5) is 25.7. The fourth-order valence-corrected chi connectivity index (χ4v) is 4.00. The Morgan fingerprint density at radius 2 is 1.84 bits per heavy atom. The van der Waals surface area contributed by atoms with Crippen molar-refractivity contribution in [3.05, 3.63) is 65.4 Å². The molecule has 0 bridgehead atoms. The Labute approximate surface area is 183 Å².